The summed E-state index contributed by atoms with van der Waals surface area (Å²) in [6, 6.07) is 15.5. The first-order valence-electron chi connectivity index (χ1n) is 11.6. The molecular formula is C26H29N3O6. The van der Waals surface area contributed by atoms with Gasteiger partial charge in [-0.25, -0.2) is 4.79 Å². The smallest absolute Gasteiger partial charge is 0.410 e. The topological polar surface area (TPSA) is 114 Å². The van der Waals surface area contributed by atoms with Crippen LogP contribution in [0.25, 0.3) is 0 Å². The van der Waals surface area contributed by atoms with Gasteiger partial charge in [-0.3, -0.25) is 14.4 Å². The van der Waals surface area contributed by atoms with Gasteiger partial charge in [-0.1, -0.05) is 18.2 Å². The van der Waals surface area contributed by atoms with Crippen LogP contribution in [0.2, 0.25) is 0 Å². The highest BCUT2D eigenvalue weighted by atomic mass is 16.6. The lowest BCUT2D eigenvalue weighted by Crippen LogP contribution is -2.63. The summed E-state index contributed by atoms with van der Waals surface area (Å²) in [6.07, 6.45) is -0.0991. The number of nitrogens with zero attached hydrogens (tertiary/aromatic N) is 1. The number of ketones is 1. The van der Waals surface area contributed by atoms with Crippen molar-refractivity contribution in [2.75, 3.05) is 18.4 Å². The predicted molar refractivity (Wildman–Crippen MR) is 128 cm³/mol. The number of nitrogens with one attached hydrogen (secondary N) is 2. The van der Waals surface area contributed by atoms with Crippen LogP contribution in [0.5, 0.6) is 11.5 Å². The van der Waals surface area contributed by atoms with E-state index in [9.17, 15) is 19.2 Å². The molecule has 2 aromatic rings. The van der Waals surface area contributed by atoms with Crippen LogP contribution < -0.4 is 15.4 Å². The summed E-state index contributed by atoms with van der Waals surface area (Å²) < 4.78 is 11.1. The molecule has 2 heterocycles. The number of fused-ring (bicyclic) bond motifs is 1. The van der Waals surface area contributed by atoms with E-state index < -0.39 is 47.2 Å². The number of carbonyl (C=O) groups excluding carboxylic acids is 4. The van der Waals surface area contributed by atoms with E-state index in [0.29, 0.717) is 30.2 Å². The van der Waals surface area contributed by atoms with Crippen LogP contribution in [0.3, 0.4) is 0 Å². The maximum atomic E-state index is 13.2. The Labute approximate surface area is 203 Å². The second-order valence-corrected chi connectivity index (χ2v) is 9.70. The number of amides is 3. The van der Waals surface area contributed by atoms with E-state index in [1.807, 2.05) is 30.3 Å². The summed E-state index contributed by atoms with van der Waals surface area (Å²) in [4.78, 5) is 52.7. The van der Waals surface area contributed by atoms with Gasteiger partial charge in [0, 0.05) is 24.8 Å². The van der Waals surface area contributed by atoms with Gasteiger partial charge in [0.2, 0.25) is 11.8 Å². The summed E-state index contributed by atoms with van der Waals surface area (Å²) in [5.74, 6) is -2.74. The van der Waals surface area contributed by atoms with Crippen LogP contribution in [-0.4, -0.2) is 53.3 Å². The Morgan fingerprint density at radius 3 is 2.31 bits per heavy atom. The highest BCUT2D eigenvalue weighted by Crippen LogP contribution is 2.28. The van der Waals surface area contributed by atoms with Crippen LogP contribution in [0.15, 0.2) is 54.6 Å². The van der Waals surface area contributed by atoms with E-state index in [0.717, 1.165) is 0 Å². The maximum Gasteiger partial charge on any atom is 0.410 e. The van der Waals surface area contributed by atoms with Crippen molar-refractivity contribution in [1.82, 2.24) is 10.2 Å². The highest BCUT2D eigenvalue weighted by molar-refractivity contribution is 6.23. The van der Waals surface area contributed by atoms with E-state index in [-0.39, 0.29) is 6.54 Å². The third-order valence-corrected chi connectivity index (χ3v) is 5.87. The zero-order valence-electron chi connectivity index (χ0n) is 19.9. The zero-order chi connectivity index (χ0) is 25.2. The summed E-state index contributed by atoms with van der Waals surface area (Å²) >= 11 is 0. The molecule has 0 aliphatic carbocycles. The number of anilines is 1. The zero-order valence-corrected chi connectivity index (χ0v) is 19.9. The van der Waals surface area contributed by atoms with Crippen LogP contribution >= 0.6 is 0 Å². The normalized spacial score (nSPS) is 22.0. The Balaban J connectivity index is 1.40. The fraction of sp³-hybridized carbons (Fsp3) is 0.385. The standard InChI is InChI=1S/C26H29N3O6/c1-26(2,3)35-25(33)29-14-13-20-19(15-29)22(30)21(24(32)28-20)23(31)27-16-9-11-18(12-10-16)34-17-7-5-4-6-8-17/h4-12,19-21H,13-15H2,1-3H3,(H,27,31)(H,28,32). The summed E-state index contributed by atoms with van der Waals surface area (Å²) in [6.45, 7) is 5.75. The summed E-state index contributed by atoms with van der Waals surface area (Å²) in [5, 5.41) is 5.43. The molecule has 4 rings (SSSR count). The second kappa shape index (κ2) is 9.77. The molecule has 3 atom stereocenters. The number of hydrogen-bond acceptors (Lipinski definition) is 6. The fourth-order valence-electron chi connectivity index (χ4n) is 4.21. The lowest BCUT2D eigenvalue weighted by Gasteiger charge is -2.42. The molecule has 0 radical (unpaired) electrons. The fourth-order valence-corrected chi connectivity index (χ4v) is 4.21. The molecule has 2 aromatic carbocycles. The van der Waals surface area contributed by atoms with Crippen molar-refractivity contribution in [3.8, 4) is 11.5 Å². The van der Waals surface area contributed by atoms with E-state index in [2.05, 4.69) is 10.6 Å². The van der Waals surface area contributed by atoms with E-state index >= 15 is 0 Å². The number of Topliss-reactive ketones (excluding diaryl/α,β-unsaturated/α-hetero) is 1. The molecule has 9 heteroatoms. The van der Waals surface area contributed by atoms with Gasteiger partial charge in [-0.2, -0.15) is 0 Å². The molecule has 0 spiro atoms. The summed E-state index contributed by atoms with van der Waals surface area (Å²) in [5.41, 5.74) is -0.236. The average molecular weight is 480 g/mol. The van der Waals surface area contributed by atoms with E-state index in [1.54, 1.807) is 45.0 Å². The van der Waals surface area contributed by atoms with Gasteiger partial charge in [0.25, 0.3) is 0 Å². The molecule has 2 N–H and O–H groups in total. The lowest BCUT2D eigenvalue weighted by atomic mass is 9.78. The van der Waals surface area contributed by atoms with Crippen LogP contribution in [0.4, 0.5) is 10.5 Å². The Bertz CT molecular complexity index is 1110. The quantitative estimate of drug-likeness (QED) is 0.650. The molecule has 3 unspecified atom stereocenters. The number of ether oxygens (including phenoxy) is 2. The molecule has 0 bridgehead atoms. The minimum absolute atomic E-state index is 0.0913. The molecule has 3 amide bonds. The van der Waals surface area contributed by atoms with Crippen molar-refractivity contribution in [2.24, 2.45) is 11.8 Å². The number of para-hydroxylation sites is 1. The Morgan fingerprint density at radius 2 is 1.66 bits per heavy atom. The van der Waals surface area contributed by atoms with Gasteiger partial charge in [0.1, 0.15) is 17.1 Å². The number of piperidine rings is 2. The number of likely N-dealkylation sites (tertiary alicyclic amines) is 1. The third kappa shape index (κ3) is 5.79. The molecule has 184 valence electrons. The van der Waals surface area contributed by atoms with Crippen LogP contribution in [-0.2, 0) is 19.1 Å². The molecule has 9 nitrogen and oxygen atoms in total. The van der Waals surface area contributed by atoms with Crippen molar-refractivity contribution in [2.45, 2.75) is 38.8 Å². The first-order chi connectivity index (χ1) is 16.6. The molecule has 0 saturated carbocycles. The van der Waals surface area contributed by atoms with Gasteiger partial charge < -0.3 is 25.0 Å². The van der Waals surface area contributed by atoms with Crippen LogP contribution in [0, 0.1) is 11.8 Å². The van der Waals surface area contributed by atoms with Crippen molar-refractivity contribution in [3.05, 3.63) is 54.6 Å². The Kier molecular flexibility index (Phi) is 6.77. The molecule has 0 aromatic heterocycles. The van der Waals surface area contributed by atoms with Crippen molar-refractivity contribution < 1.29 is 28.7 Å². The minimum Gasteiger partial charge on any atom is -0.457 e. The number of carbonyl (C=O) groups is 4. The van der Waals surface area contributed by atoms with Gasteiger partial charge >= 0.3 is 6.09 Å². The van der Waals surface area contributed by atoms with Gasteiger partial charge in [-0.05, 0) is 63.6 Å². The SMILES string of the molecule is CC(C)(C)OC(=O)N1CCC2NC(=O)C(C(=O)Nc3ccc(Oc4ccccc4)cc3)C(=O)C2C1. The predicted octanol–water partition coefficient (Wildman–Crippen LogP) is 3.36. The average Bonchev–Trinajstić information content (AvgIpc) is 2.80. The van der Waals surface area contributed by atoms with E-state index in [1.165, 1.54) is 4.90 Å². The lowest BCUT2D eigenvalue weighted by molar-refractivity contribution is -0.147. The first-order valence-corrected chi connectivity index (χ1v) is 11.6. The number of hydrogen-bond donors (Lipinski definition) is 2. The number of benzene rings is 2. The van der Waals surface area contributed by atoms with Crippen molar-refractivity contribution in [3.63, 3.8) is 0 Å². The van der Waals surface area contributed by atoms with Gasteiger partial charge in [0.15, 0.2) is 11.7 Å². The molecule has 35 heavy (non-hydrogen) atoms. The van der Waals surface area contributed by atoms with Gasteiger partial charge in [-0.15, -0.1) is 0 Å². The molecule has 2 fully saturated rings. The number of rotatable bonds is 4. The highest BCUT2D eigenvalue weighted by Gasteiger charge is 2.49. The molecule has 2 aliphatic heterocycles. The molecular weight excluding hydrogens is 450 g/mol. The largest absolute Gasteiger partial charge is 0.457 e. The monoisotopic (exact) mass is 479 g/mol. The second-order valence-electron chi connectivity index (χ2n) is 9.70. The molecule has 2 saturated heterocycles. The Morgan fingerprint density at radius 1 is 1.00 bits per heavy atom. The Hall–Kier alpha value is -3.88. The minimum atomic E-state index is -1.49. The first kappa shape index (κ1) is 24.3. The van der Waals surface area contributed by atoms with Crippen molar-refractivity contribution >= 4 is 29.4 Å². The van der Waals surface area contributed by atoms with E-state index in [4.69, 9.17) is 9.47 Å². The summed E-state index contributed by atoms with van der Waals surface area (Å²) in [7, 11) is 0. The van der Waals surface area contributed by atoms with Crippen LogP contribution in [0.1, 0.15) is 27.2 Å². The van der Waals surface area contributed by atoms with Gasteiger partial charge in [0.05, 0.1) is 5.92 Å². The van der Waals surface area contributed by atoms with Crippen molar-refractivity contribution in [1.29, 1.82) is 0 Å². The maximum absolute atomic E-state index is 13.2. The third-order valence-electron chi connectivity index (χ3n) is 5.87. The molecule has 2 aliphatic rings.